The van der Waals surface area contributed by atoms with Gasteiger partial charge < -0.3 is 42.7 Å². The Morgan fingerprint density at radius 2 is 1.44 bits per heavy atom. The van der Waals surface area contributed by atoms with Gasteiger partial charge in [0.25, 0.3) is 0 Å². The molecule has 14 heteroatoms. The van der Waals surface area contributed by atoms with E-state index in [0.29, 0.717) is 22.1 Å². The molecule has 4 rings (SSSR count). The number of hydrogen-bond donors (Lipinski definition) is 1. The van der Waals surface area contributed by atoms with Crippen molar-refractivity contribution in [3.05, 3.63) is 40.2 Å². The molecule has 1 aromatic heterocycles. The minimum atomic E-state index is -1.49. The van der Waals surface area contributed by atoms with Crippen molar-refractivity contribution >= 4 is 45.6 Å². The van der Waals surface area contributed by atoms with Crippen LogP contribution in [0.1, 0.15) is 33.3 Å². The second kappa shape index (κ2) is 12.6. The lowest BCUT2D eigenvalue weighted by molar-refractivity contribution is -0.288. The van der Waals surface area contributed by atoms with E-state index in [0.717, 1.165) is 27.7 Å². The Morgan fingerprint density at radius 3 is 2.05 bits per heavy atom. The van der Waals surface area contributed by atoms with Crippen LogP contribution < -0.4 is 15.1 Å². The number of fused-ring (bicyclic) bond motifs is 3. The maximum atomic E-state index is 12.8. The summed E-state index contributed by atoms with van der Waals surface area (Å²) in [5.41, 5.74) is -0.170. The van der Waals surface area contributed by atoms with Crippen molar-refractivity contribution in [3.63, 3.8) is 0 Å². The lowest BCUT2D eigenvalue weighted by Gasteiger charge is -2.43. The van der Waals surface area contributed by atoms with Gasteiger partial charge in [-0.3, -0.25) is 19.2 Å². The first kappa shape index (κ1) is 31.1. The molecule has 5 atom stereocenters. The quantitative estimate of drug-likeness (QED) is 0.172. The smallest absolute Gasteiger partial charge is 0.347 e. The number of esters is 4. The fraction of sp³-hybridized carbons (Fsp3) is 0.414. The molecule has 2 aromatic carbocycles. The third-order valence-electron chi connectivity index (χ3n) is 6.48. The Hall–Kier alpha value is -4.85. The van der Waals surface area contributed by atoms with E-state index in [1.54, 1.807) is 19.1 Å². The molecule has 0 saturated carbocycles. The normalized spacial score (nSPS) is 21.6. The zero-order chi connectivity index (χ0) is 31.6. The molecule has 1 N–H and O–H groups in total. The van der Waals surface area contributed by atoms with E-state index >= 15 is 0 Å². The molecule has 0 radical (unpaired) electrons. The van der Waals surface area contributed by atoms with Gasteiger partial charge >= 0.3 is 29.5 Å². The Bertz CT molecular complexity index is 1640. The number of methoxy groups -OCH3 is 1. The van der Waals surface area contributed by atoms with Crippen molar-refractivity contribution < 1.29 is 61.9 Å². The maximum absolute atomic E-state index is 12.8. The van der Waals surface area contributed by atoms with Gasteiger partial charge in [-0.25, -0.2) is 4.79 Å². The van der Waals surface area contributed by atoms with E-state index in [-0.39, 0.29) is 22.5 Å². The number of benzene rings is 2. The molecule has 1 saturated heterocycles. The number of ether oxygens (including phenoxy) is 7. The first-order chi connectivity index (χ1) is 20.3. The highest BCUT2D eigenvalue weighted by molar-refractivity contribution is 6.08. The van der Waals surface area contributed by atoms with E-state index < -0.39 is 66.8 Å². The van der Waals surface area contributed by atoms with E-state index in [2.05, 4.69) is 0 Å². The van der Waals surface area contributed by atoms with Crippen molar-refractivity contribution in [1.29, 1.82) is 0 Å². The van der Waals surface area contributed by atoms with Crippen LogP contribution in [0.15, 0.2) is 33.5 Å². The first-order valence-corrected chi connectivity index (χ1v) is 13.0. The summed E-state index contributed by atoms with van der Waals surface area (Å²) in [7, 11) is 1.42. The summed E-state index contributed by atoms with van der Waals surface area (Å²) in [6.45, 7) is 5.76. The molecule has 0 bridgehead atoms. The molecule has 2 heterocycles. The molecule has 0 amide bonds. The van der Waals surface area contributed by atoms with E-state index in [9.17, 15) is 29.1 Å². The van der Waals surface area contributed by atoms with Gasteiger partial charge in [0.15, 0.2) is 12.2 Å². The minimum absolute atomic E-state index is 0.0374. The highest BCUT2D eigenvalue weighted by Gasteiger charge is 2.53. The van der Waals surface area contributed by atoms with Crippen LogP contribution in [0.2, 0.25) is 0 Å². The van der Waals surface area contributed by atoms with E-state index in [4.69, 9.17) is 37.6 Å². The largest absolute Gasteiger partial charge is 0.507 e. The van der Waals surface area contributed by atoms with Crippen molar-refractivity contribution in [2.24, 2.45) is 0 Å². The Morgan fingerprint density at radius 1 is 0.814 bits per heavy atom. The van der Waals surface area contributed by atoms with Gasteiger partial charge in [0.05, 0.1) is 7.11 Å². The summed E-state index contributed by atoms with van der Waals surface area (Å²) in [6, 6.07) is 5.84. The van der Waals surface area contributed by atoms with Gasteiger partial charge in [-0.05, 0) is 24.6 Å². The van der Waals surface area contributed by atoms with Crippen LogP contribution >= 0.6 is 0 Å². The number of aryl methyl sites for hydroxylation is 1. The molecule has 1 aliphatic heterocycles. The van der Waals surface area contributed by atoms with Crippen LogP contribution in [0, 0.1) is 6.92 Å². The zero-order valence-electron chi connectivity index (χ0n) is 24.2. The van der Waals surface area contributed by atoms with Crippen molar-refractivity contribution in [3.8, 4) is 17.2 Å². The number of carbonyl (C=O) groups is 4. The Labute approximate surface area is 244 Å². The van der Waals surface area contributed by atoms with Crippen LogP contribution in [0.25, 0.3) is 21.7 Å². The summed E-state index contributed by atoms with van der Waals surface area (Å²) in [5, 5.41) is 11.3. The molecule has 1 aliphatic rings. The van der Waals surface area contributed by atoms with E-state index in [1.807, 2.05) is 0 Å². The Balaban J connectivity index is 1.81. The van der Waals surface area contributed by atoms with Gasteiger partial charge in [0.1, 0.15) is 40.9 Å². The highest BCUT2D eigenvalue weighted by Crippen LogP contribution is 2.37. The highest BCUT2D eigenvalue weighted by atomic mass is 16.7. The second-order valence-corrected chi connectivity index (χ2v) is 9.76. The fourth-order valence-electron chi connectivity index (χ4n) is 4.92. The van der Waals surface area contributed by atoms with Gasteiger partial charge in [-0.15, -0.1) is 0 Å². The summed E-state index contributed by atoms with van der Waals surface area (Å²) in [6.07, 6.45) is -6.94. The average Bonchev–Trinajstić information content (AvgIpc) is 2.89. The summed E-state index contributed by atoms with van der Waals surface area (Å²) >= 11 is 0. The minimum Gasteiger partial charge on any atom is -0.507 e. The molecule has 0 unspecified atom stereocenters. The first-order valence-electron chi connectivity index (χ1n) is 13.0. The Kier molecular flexibility index (Phi) is 9.09. The van der Waals surface area contributed by atoms with Crippen molar-refractivity contribution in [2.45, 2.75) is 65.3 Å². The molecular formula is C29H30O14. The van der Waals surface area contributed by atoms with Gasteiger partial charge in [0, 0.05) is 50.6 Å². The number of rotatable bonds is 8. The SMILES string of the molecule is COc1cc(O)c2c(=O)oc3cc(O[C@@H]4O[C@H](COC(C)=O)[C@@H](OC(C)=O)[C@H](OC(C)=O)[C@H]4OC(C)=O)cc(C)c3c2c1. The van der Waals surface area contributed by atoms with Crippen molar-refractivity contribution in [1.82, 2.24) is 0 Å². The van der Waals surface area contributed by atoms with Crippen LogP contribution in [-0.4, -0.2) is 73.4 Å². The van der Waals surface area contributed by atoms with Gasteiger partial charge in [0.2, 0.25) is 12.4 Å². The number of carbonyl (C=O) groups excluding carboxylic acids is 4. The number of phenols is 1. The monoisotopic (exact) mass is 602 g/mol. The zero-order valence-corrected chi connectivity index (χ0v) is 24.2. The van der Waals surface area contributed by atoms with Crippen molar-refractivity contribution in [2.75, 3.05) is 13.7 Å². The lowest BCUT2D eigenvalue weighted by Crippen LogP contribution is -2.63. The number of aromatic hydroxyl groups is 1. The average molecular weight is 603 g/mol. The van der Waals surface area contributed by atoms with E-state index in [1.165, 1.54) is 19.2 Å². The maximum Gasteiger partial charge on any atom is 0.347 e. The number of phenolic OH excluding ortho intramolecular Hbond substituents is 1. The molecule has 14 nitrogen and oxygen atoms in total. The molecule has 0 spiro atoms. The summed E-state index contributed by atoms with van der Waals surface area (Å²) in [5.74, 6) is -2.93. The summed E-state index contributed by atoms with van der Waals surface area (Å²) in [4.78, 5) is 60.5. The van der Waals surface area contributed by atoms with Crippen LogP contribution in [0.4, 0.5) is 0 Å². The molecule has 43 heavy (non-hydrogen) atoms. The molecule has 230 valence electrons. The van der Waals surface area contributed by atoms with Crippen LogP contribution in [0.3, 0.4) is 0 Å². The van der Waals surface area contributed by atoms with Gasteiger partial charge in [-0.2, -0.15) is 0 Å². The predicted molar refractivity (Wildman–Crippen MR) is 146 cm³/mol. The van der Waals surface area contributed by atoms with Gasteiger partial charge in [-0.1, -0.05) is 0 Å². The second-order valence-electron chi connectivity index (χ2n) is 9.76. The van der Waals surface area contributed by atoms with Crippen LogP contribution in [-0.2, 0) is 42.9 Å². The molecular weight excluding hydrogens is 572 g/mol. The topological polar surface area (TPSA) is 183 Å². The lowest BCUT2D eigenvalue weighted by atomic mass is 9.98. The third kappa shape index (κ3) is 6.80. The predicted octanol–water partition coefficient (Wildman–Crippen LogP) is 2.43. The number of hydrogen-bond acceptors (Lipinski definition) is 14. The third-order valence-corrected chi connectivity index (χ3v) is 6.48. The molecule has 0 aliphatic carbocycles. The molecule has 3 aromatic rings. The molecule has 1 fully saturated rings. The fourth-order valence-corrected chi connectivity index (χ4v) is 4.92. The summed E-state index contributed by atoms with van der Waals surface area (Å²) < 4.78 is 44.1. The standard InChI is InChI=1S/C29H30O14/c1-12-7-18(10-21-23(12)19-8-17(36-6)9-20(34)24(19)28(35)42-21)41-29-27(40-16(5)33)26(39-15(4)32)25(38-14(3)31)22(43-29)11-37-13(2)30/h7-10,22,25-27,29,34H,11H2,1-6H3/t22-,25-,26+,27-,29-/m1/s1. The van der Waals surface area contributed by atoms with Crippen LogP contribution in [0.5, 0.6) is 17.2 Å².